The predicted octanol–water partition coefficient (Wildman–Crippen LogP) is 5.79. The van der Waals surface area contributed by atoms with Gasteiger partial charge in [0, 0.05) is 30.7 Å². The highest BCUT2D eigenvalue weighted by molar-refractivity contribution is 9.10. The van der Waals surface area contributed by atoms with Crippen LogP contribution in [-0.4, -0.2) is 27.3 Å². The molecule has 2 heterocycles. The van der Waals surface area contributed by atoms with Crippen LogP contribution in [0.1, 0.15) is 46.0 Å². The highest BCUT2D eigenvalue weighted by Crippen LogP contribution is 2.23. The molecule has 0 spiro atoms. The van der Waals surface area contributed by atoms with Gasteiger partial charge in [-0.05, 0) is 53.0 Å². The Morgan fingerprint density at radius 1 is 1.14 bits per heavy atom. The van der Waals surface area contributed by atoms with Crippen LogP contribution >= 0.6 is 15.9 Å². The number of aromatic nitrogens is 3. The standard InChI is InChI=1S/C19H21BrN4O2.C2H6/c20-17-14-24-11-10-21-19(24)18(23-17)22-15-6-8-16(9-7-15)26-13-5-3-1-2-4-12-25;1-2/h6-12,14H,1-5,13H2,(H,22,23);1-2H3. The zero-order valence-electron chi connectivity index (χ0n) is 16.4. The SMILES string of the molecule is CC.O=CCCCCCCOc1ccc(Nc2nc(Br)cn3ccnc23)cc1. The van der Waals surface area contributed by atoms with Crippen LogP contribution in [0, 0.1) is 0 Å². The lowest BCUT2D eigenvalue weighted by atomic mass is 10.2. The van der Waals surface area contributed by atoms with Gasteiger partial charge in [0.2, 0.25) is 0 Å². The minimum Gasteiger partial charge on any atom is -0.494 e. The van der Waals surface area contributed by atoms with Crippen LogP contribution in [0.2, 0.25) is 0 Å². The highest BCUT2D eigenvalue weighted by atomic mass is 79.9. The number of nitrogens with zero attached hydrogens (tertiary/aromatic N) is 3. The summed E-state index contributed by atoms with van der Waals surface area (Å²) in [5.74, 6) is 1.53. The summed E-state index contributed by atoms with van der Waals surface area (Å²) in [4.78, 5) is 19.0. The van der Waals surface area contributed by atoms with Crippen LogP contribution in [-0.2, 0) is 4.79 Å². The van der Waals surface area contributed by atoms with Crippen molar-refractivity contribution in [1.29, 1.82) is 0 Å². The number of aldehydes is 1. The maximum Gasteiger partial charge on any atom is 0.180 e. The number of ether oxygens (including phenoxy) is 1. The first-order valence-corrected chi connectivity index (χ1v) is 10.5. The van der Waals surface area contributed by atoms with E-state index in [-0.39, 0.29) is 0 Å². The fraction of sp³-hybridized carbons (Fsp3) is 0.381. The van der Waals surface area contributed by atoms with E-state index >= 15 is 0 Å². The molecule has 150 valence electrons. The lowest BCUT2D eigenvalue weighted by molar-refractivity contribution is -0.107. The van der Waals surface area contributed by atoms with Gasteiger partial charge in [-0.25, -0.2) is 9.97 Å². The van der Waals surface area contributed by atoms with Gasteiger partial charge in [0.25, 0.3) is 0 Å². The van der Waals surface area contributed by atoms with Crippen molar-refractivity contribution in [3.63, 3.8) is 0 Å². The first kappa shape index (κ1) is 21.9. The molecule has 0 saturated heterocycles. The summed E-state index contributed by atoms with van der Waals surface area (Å²) in [5.41, 5.74) is 1.69. The smallest absolute Gasteiger partial charge is 0.180 e. The van der Waals surface area contributed by atoms with Gasteiger partial charge < -0.3 is 19.2 Å². The van der Waals surface area contributed by atoms with Crippen molar-refractivity contribution >= 4 is 39.4 Å². The van der Waals surface area contributed by atoms with E-state index in [4.69, 9.17) is 4.74 Å². The number of carbonyl (C=O) groups is 1. The van der Waals surface area contributed by atoms with E-state index in [1.807, 2.05) is 54.9 Å². The van der Waals surface area contributed by atoms with E-state index in [1.165, 1.54) is 0 Å². The van der Waals surface area contributed by atoms with Crippen molar-refractivity contribution in [2.45, 2.75) is 46.0 Å². The lowest BCUT2D eigenvalue weighted by Crippen LogP contribution is -2.00. The molecule has 7 heteroatoms. The molecule has 0 aliphatic rings. The molecular formula is C21H27BrN4O2. The molecule has 6 nitrogen and oxygen atoms in total. The number of anilines is 2. The van der Waals surface area contributed by atoms with E-state index < -0.39 is 0 Å². The Balaban J connectivity index is 0.00000136. The van der Waals surface area contributed by atoms with Crippen LogP contribution in [0.5, 0.6) is 5.75 Å². The molecule has 3 aromatic rings. The highest BCUT2D eigenvalue weighted by Gasteiger charge is 2.07. The minimum atomic E-state index is 0.660. The van der Waals surface area contributed by atoms with Gasteiger partial charge in [-0.2, -0.15) is 0 Å². The average Bonchev–Trinajstić information content (AvgIpc) is 3.19. The molecule has 0 amide bonds. The number of carbonyl (C=O) groups excluding carboxylic acids is 1. The summed E-state index contributed by atoms with van der Waals surface area (Å²) in [6, 6.07) is 7.80. The molecule has 2 aromatic heterocycles. The van der Waals surface area contributed by atoms with Crippen molar-refractivity contribution in [1.82, 2.24) is 14.4 Å². The largest absolute Gasteiger partial charge is 0.494 e. The molecule has 1 N–H and O–H groups in total. The summed E-state index contributed by atoms with van der Waals surface area (Å²) in [5, 5.41) is 3.29. The number of imidazole rings is 1. The van der Waals surface area contributed by atoms with Crippen molar-refractivity contribution in [2.75, 3.05) is 11.9 Å². The van der Waals surface area contributed by atoms with Crippen molar-refractivity contribution in [3.8, 4) is 5.75 Å². The van der Waals surface area contributed by atoms with E-state index in [0.29, 0.717) is 18.8 Å². The second-order valence-corrected chi connectivity index (χ2v) is 6.75. The predicted molar refractivity (Wildman–Crippen MR) is 116 cm³/mol. The summed E-state index contributed by atoms with van der Waals surface area (Å²) >= 11 is 3.41. The molecule has 0 fully saturated rings. The van der Waals surface area contributed by atoms with E-state index in [1.54, 1.807) is 6.20 Å². The summed E-state index contributed by atoms with van der Waals surface area (Å²) in [6.45, 7) is 4.69. The molecule has 3 rings (SSSR count). The third-order valence-corrected chi connectivity index (χ3v) is 4.33. The maximum absolute atomic E-state index is 10.2. The Labute approximate surface area is 174 Å². The number of hydrogen-bond donors (Lipinski definition) is 1. The van der Waals surface area contributed by atoms with E-state index in [0.717, 1.165) is 53.7 Å². The molecular weight excluding hydrogens is 420 g/mol. The zero-order chi connectivity index (χ0) is 20.2. The quantitative estimate of drug-likeness (QED) is 0.315. The Hall–Kier alpha value is -2.41. The lowest BCUT2D eigenvalue weighted by Gasteiger charge is -2.09. The normalized spacial score (nSPS) is 10.2. The Bertz CT molecular complexity index is 849. The summed E-state index contributed by atoms with van der Waals surface area (Å²) in [7, 11) is 0. The Morgan fingerprint density at radius 2 is 1.89 bits per heavy atom. The van der Waals surface area contributed by atoms with Gasteiger partial charge >= 0.3 is 0 Å². The average molecular weight is 447 g/mol. The van der Waals surface area contributed by atoms with Crippen molar-refractivity contribution in [3.05, 3.63) is 47.5 Å². The summed E-state index contributed by atoms with van der Waals surface area (Å²) in [6.07, 6.45) is 11.3. The number of hydrogen-bond acceptors (Lipinski definition) is 5. The molecule has 0 saturated carbocycles. The van der Waals surface area contributed by atoms with Gasteiger partial charge in [-0.1, -0.05) is 26.7 Å². The number of unbranched alkanes of at least 4 members (excludes halogenated alkanes) is 4. The van der Waals surface area contributed by atoms with Crippen LogP contribution in [0.4, 0.5) is 11.5 Å². The topological polar surface area (TPSA) is 68.5 Å². The molecule has 0 unspecified atom stereocenters. The number of rotatable bonds is 10. The Kier molecular flexibility index (Phi) is 9.48. The fourth-order valence-electron chi connectivity index (χ4n) is 2.63. The Morgan fingerprint density at radius 3 is 2.64 bits per heavy atom. The molecule has 0 atom stereocenters. The number of benzene rings is 1. The van der Waals surface area contributed by atoms with Gasteiger partial charge in [-0.15, -0.1) is 0 Å². The van der Waals surface area contributed by atoms with Gasteiger partial charge in [-0.3, -0.25) is 0 Å². The summed E-state index contributed by atoms with van der Waals surface area (Å²) < 4.78 is 8.40. The zero-order valence-corrected chi connectivity index (χ0v) is 18.0. The second kappa shape index (κ2) is 12.1. The third kappa shape index (κ3) is 6.64. The maximum atomic E-state index is 10.2. The molecule has 0 aliphatic heterocycles. The van der Waals surface area contributed by atoms with Crippen molar-refractivity contribution < 1.29 is 9.53 Å². The van der Waals surface area contributed by atoms with E-state index in [2.05, 4.69) is 31.2 Å². The molecule has 0 aliphatic carbocycles. The monoisotopic (exact) mass is 446 g/mol. The number of halogens is 1. The first-order valence-electron chi connectivity index (χ1n) is 9.69. The van der Waals surface area contributed by atoms with Crippen LogP contribution in [0.25, 0.3) is 5.65 Å². The van der Waals surface area contributed by atoms with Gasteiger partial charge in [0.15, 0.2) is 11.5 Å². The number of nitrogens with one attached hydrogen (secondary N) is 1. The fourth-order valence-corrected chi connectivity index (χ4v) is 3.03. The third-order valence-electron chi connectivity index (χ3n) is 3.95. The van der Waals surface area contributed by atoms with Crippen LogP contribution < -0.4 is 10.1 Å². The number of fused-ring (bicyclic) bond motifs is 1. The van der Waals surface area contributed by atoms with E-state index in [9.17, 15) is 4.79 Å². The molecule has 0 radical (unpaired) electrons. The molecule has 1 aromatic carbocycles. The van der Waals surface area contributed by atoms with Crippen LogP contribution in [0.15, 0.2) is 47.5 Å². The second-order valence-electron chi connectivity index (χ2n) is 5.94. The van der Waals surface area contributed by atoms with Gasteiger partial charge in [0.1, 0.15) is 16.6 Å². The van der Waals surface area contributed by atoms with Crippen molar-refractivity contribution in [2.24, 2.45) is 0 Å². The molecule has 0 bridgehead atoms. The van der Waals surface area contributed by atoms with Gasteiger partial charge in [0.05, 0.1) is 6.61 Å². The van der Waals surface area contributed by atoms with Crippen LogP contribution in [0.3, 0.4) is 0 Å². The molecule has 28 heavy (non-hydrogen) atoms. The first-order chi connectivity index (χ1) is 13.8. The minimum absolute atomic E-state index is 0.660.